The third kappa shape index (κ3) is 8.13. The molecule has 2 heterocycles. The van der Waals surface area contributed by atoms with Gasteiger partial charge in [0.25, 0.3) is 0 Å². The molecule has 1 atom stereocenters. The van der Waals surface area contributed by atoms with Crippen LogP contribution in [0.4, 0.5) is 0 Å². The van der Waals surface area contributed by atoms with Gasteiger partial charge in [-0.15, -0.1) is 0 Å². The quantitative estimate of drug-likeness (QED) is 0.339. The lowest BCUT2D eigenvalue weighted by Crippen LogP contribution is -2.57. The monoisotopic (exact) mass is 408 g/mol. The molecule has 0 aromatic heterocycles. The van der Waals surface area contributed by atoms with Gasteiger partial charge in [-0.25, -0.2) is 0 Å². The standard InChI is InChI=1S/C22H44N6O/c1-20(21(29)27-14-10-11-15-27)26-16-18-28(19-17-26)22(23-2)24-12-8-6-5-7-9-13-25(3)4/h20H,5-19H2,1-4H3,(H,23,24). The van der Waals surface area contributed by atoms with Gasteiger partial charge in [-0.05, 0) is 53.2 Å². The highest BCUT2D eigenvalue weighted by Gasteiger charge is 2.30. The molecule has 0 aromatic carbocycles. The van der Waals surface area contributed by atoms with E-state index in [2.05, 4.69) is 46.0 Å². The summed E-state index contributed by atoms with van der Waals surface area (Å²) in [5, 5.41) is 3.53. The first-order valence-corrected chi connectivity index (χ1v) is 11.7. The van der Waals surface area contributed by atoms with E-state index in [-0.39, 0.29) is 6.04 Å². The topological polar surface area (TPSA) is 54.4 Å². The van der Waals surface area contributed by atoms with Gasteiger partial charge in [0.1, 0.15) is 0 Å². The van der Waals surface area contributed by atoms with E-state index >= 15 is 0 Å². The number of aliphatic imine (C=N–C) groups is 1. The fourth-order valence-corrected chi connectivity index (χ4v) is 4.29. The van der Waals surface area contributed by atoms with Crippen LogP contribution in [-0.2, 0) is 4.79 Å². The van der Waals surface area contributed by atoms with Crippen LogP contribution < -0.4 is 5.32 Å². The molecule has 168 valence electrons. The second kappa shape index (κ2) is 13.1. The lowest BCUT2D eigenvalue weighted by Gasteiger charge is -2.39. The Bertz CT molecular complexity index is 496. The summed E-state index contributed by atoms with van der Waals surface area (Å²) in [5.41, 5.74) is 0. The fraction of sp³-hybridized carbons (Fsp3) is 0.909. The predicted molar refractivity (Wildman–Crippen MR) is 121 cm³/mol. The lowest BCUT2D eigenvalue weighted by molar-refractivity contribution is -0.135. The van der Waals surface area contributed by atoms with E-state index in [4.69, 9.17) is 0 Å². The van der Waals surface area contributed by atoms with Gasteiger partial charge in [0.05, 0.1) is 6.04 Å². The molecule has 0 bridgehead atoms. The normalized spacial score (nSPS) is 19.8. The zero-order valence-corrected chi connectivity index (χ0v) is 19.3. The Balaban J connectivity index is 1.61. The zero-order chi connectivity index (χ0) is 21.1. The molecular weight excluding hydrogens is 364 g/mol. The number of guanidine groups is 1. The van der Waals surface area contributed by atoms with Crippen LogP contribution in [0.3, 0.4) is 0 Å². The van der Waals surface area contributed by atoms with E-state index < -0.39 is 0 Å². The van der Waals surface area contributed by atoms with E-state index in [0.29, 0.717) is 5.91 Å². The van der Waals surface area contributed by atoms with Gasteiger partial charge >= 0.3 is 0 Å². The molecule has 2 aliphatic heterocycles. The van der Waals surface area contributed by atoms with Crippen LogP contribution in [0, 0.1) is 0 Å². The predicted octanol–water partition coefficient (Wildman–Crippen LogP) is 1.70. The second-order valence-electron chi connectivity index (χ2n) is 8.78. The largest absolute Gasteiger partial charge is 0.356 e. The SMILES string of the molecule is CN=C(NCCCCCCCN(C)C)N1CCN(C(C)C(=O)N2CCCC2)CC1. The van der Waals surface area contributed by atoms with Crippen molar-refractivity contribution in [3.05, 3.63) is 0 Å². The molecule has 2 saturated heterocycles. The summed E-state index contributed by atoms with van der Waals surface area (Å²) in [5.74, 6) is 1.32. The maximum atomic E-state index is 12.7. The minimum Gasteiger partial charge on any atom is -0.356 e. The highest BCUT2D eigenvalue weighted by Crippen LogP contribution is 2.14. The highest BCUT2D eigenvalue weighted by atomic mass is 16.2. The molecule has 0 radical (unpaired) electrons. The van der Waals surface area contributed by atoms with Crippen LogP contribution in [0.2, 0.25) is 0 Å². The van der Waals surface area contributed by atoms with E-state index in [1.54, 1.807) is 0 Å². The minimum atomic E-state index is -0.00211. The molecule has 0 spiro atoms. The lowest BCUT2D eigenvalue weighted by atomic mass is 10.1. The molecule has 7 heteroatoms. The van der Waals surface area contributed by atoms with Gasteiger partial charge in [-0.2, -0.15) is 0 Å². The molecule has 7 nitrogen and oxygen atoms in total. The van der Waals surface area contributed by atoms with Gasteiger partial charge < -0.3 is 20.0 Å². The third-order valence-corrected chi connectivity index (χ3v) is 6.21. The average molecular weight is 409 g/mol. The van der Waals surface area contributed by atoms with Crippen molar-refractivity contribution < 1.29 is 4.79 Å². The van der Waals surface area contributed by atoms with Crippen LogP contribution in [-0.4, -0.2) is 111 Å². The van der Waals surface area contributed by atoms with Gasteiger partial charge in [0, 0.05) is 52.9 Å². The molecule has 2 rings (SSSR count). The Morgan fingerprint density at radius 2 is 1.55 bits per heavy atom. The molecule has 0 saturated carbocycles. The first-order chi connectivity index (χ1) is 14.0. The summed E-state index contributed by atoms with van der Waals surface area (Å²) < 4.78 is 0. The zero-order valence-electron chi connectivity index (χ0n) is 19.3. The number of likely N-dealkylation sites (tertiary alicyclic amines) is 1. The molecular formula is C22H44N6O. The molecule has 0 aliphatic carbocycles. The number of hydrogen-bond donors (Lipinski definition) is 1. The number of nitrogens with one attached hydrogen (secondary N) is 1. The van der Waals surface area contributed by atoms with E-state index in [1.807, 2.05) is 11.9 Å². The van der Waals surface area contributed by atoms with Crippen LogP contribution in [0.15, 0.2) is 4.99 Å². The Kier molecular flexibility index (Phi) is 10.8. The van der Waals surface area contributed by atoms with Crippen LogP contribution in [0.5, 0.6) is 0 Å². The number of hydrogen-bond acceptors (Lipinski definition) is 4. The van der Waals surface area contributed by atoms with E-state index in [0.717, 1.165) is 64.6 Å². The maximum absolute atomic E-state index is 12.7. The average Bonchev–Trinajstić information content (AvgIpc) is 3.26. The van der Waals surface area contributed by atoms with Gasteiger partial charge in [0.2, 0.25) is 5.91 Å². The smallest absolute Gasteiger partial charge is 0.239 e. The summed E-state index contributed by atoms with van der Waals surface area (Å²) >= 11 is 0. The van der Waals surface area contributed by atoms with Gasteiger partial charge in [-0.1, -0.05) is 19.3 Å². The number of nitrogens with zero attached hydrogens (tertiary/aromatic N) is 5. The Morgan fingerprint density at radius 3 is 2.17 bits per heavy atom. The number of unbranched alkanes of at least 4 members (excludes halogenated alkanes) is 4. The molecule has 1 unspecified atom stereocenters. The van der Waals surface area contributed by atoms with Crippen molar-refractivity contribution in [1.29, 1.82) is 0 Å². The first kappa shape index (κ1) is 23.9. The molecule has 1 amide bonds. The van der Waals surface area contributed by atoms with Crippen LogP contribution in [0.1, 0.15) is 51.9 Å². The number of piperazine rings is 1. The van der Waals surface area contributed by atoms with E-state index in [9.17, 15) is 4.79 Å². The maximum Gasteiger partial charge on any atom is 0.239 e. The van der Waals surface area contributed by atoms with Crippen LogP contribution in [0.25, 0.3) is 0 Å². The third-order valence-electron chi connectivity index (χ3n) is 6.21. The molecule has 0 aromatic rings. The van der Waals surface area contributed by atoms with Crippen molar-refractivity contribution in [3.63, 3.8) is 0 Å². The Hall–Kier alpha value is -1.34. The van der Waals surface area contributed by atoms with Crippen LogP contribution >= 0.6 is 0 Å². The molecule has 29 heavy (non-hydrogen) atoms. The van der Waals surface area contributed by atoms with Crippen molar-refractivity contribution in [1.82, 2.24) is 24.9 Å². The van der Waals surface area contributed by atoms with Gasteiger partial charge in [-0.3, -0.25) is 14.7 Å². The number of carbonyl (C=O) groups is 1. The number of rotatable bonds is 10. The molecule has 2 fully saturated rings. The Labute approximate surface area is 178 Å². The summed E-state index contributed by atoms with van der Waals surface area (Å²) in [4.78, 5) is 26.1. The Morgan fingerprint density at radius 1 is 0.931 bits per heavy atom. The molecule has 2 aliphatic rings. The minimum absolute atomic E-state index is 0.00211. The van der Waals surface area contributed by atoms with E-state index in [1.165, 1.54) is 38.6 Å². The summed E-state index contributed by atoms with van der Waals surface area (Å²) in [6, 6.07) is -0.00211. The van der Waals surface area contributed by atoms with Crippen molar-refractivity contribution in [2.45, 2.75) is 57.9 Å². The summed E-state index contributed by atoms with van der Waals surface area (Å²) in [6.45, 7) is 9.85. The van der Waals surface area contributed by atoms with Gasteiger partial charge in [0.15, 0.2) is 5.96 Å². The first-order valence-electron chi connectivity index (χ1n) is 11.7. The summed E-state index contributed by atoms with van der Waals surface area (Å²) in [7, 11) is 6.15. The number of amides is 1. The second-order valence-corrected chi connectivity index (χ2v) is 8.78. The van der Waals surface area contributed by atoms with Crippen molar-refractivity contribution in [2.75, 3.05) is 73.5 Å². The van der Waals surface area contributed by atoms with Crippen molar-refractivity contribution in [3.8, 4) is 0 Å². The van der Waals surface area contributed by atoms with Crippen molar-refractivity contribution in [2.24, 2.45) is 4.99 Å². The van der Waals surface area contributed by atoms with Crippen molar-refractivity contribution >= 4 is 11.9 Å². The fourth-order valence-electron chi connectivity index (χ4n) is 4.29. The summed E-state index contributed by atoms with van der Waals surface area (Å²) in [6.07, 6.45) is 8.72. The number of carbonyl (C=O) groups excluding carboxylic acids is 1. The highest BCUT2D eigenvalue weighted by molar-refractivity contribution is 5.82. The molecule has 1 N–H and O–H groups in total.